The van der Waals surface area contributed by atoms with E-state index in [1.807, 2.05) is 0 Å². The summed E-state index contributed by atoms with van der Waals surface area (Å²) in [6.07, 6.45) is 2.59. The van der Waals surface area contributed by atoms with Crippen LogP contribution in [0.1, 0.15) is 25.7 Å². The SMILES string of the molecule is NC1(F)CCN(C(=O)C2CC2)CC1. The van der Waals surface area contributed by atoms with Gasteiger partial charge in [0.25, 0.3) is 0 Å². The third kappa shape index (κ3) is 1.99. The van der Waals surface area contributed by atoms with Crippen molar-refractivity contribution in [1.82, 2.24) is 4.90 Å². The van der Waals surface area contributed by atoms with Gasteiger partial charge >= 0.3 is 0 Å². The minimum Gasteiger partial charge on any atom is -0.342 e. The molecule has 2 rings (SSSR count). The maximum Gasteiger partial charge on any atom is 0.225 e. The maximum atomic E-state index is 13.2. The average molecular weight is 186 g/mol. The van der Waals surface area contributed by atoms with Crippen molar-refractivity contribution in [3.05, 3.63) is 0 Å². The van der Waals surface area contributed by atoms with Crippen LogP contribution in [0.5, 0.6) is 0 Å². The number of amides is 1. The molecular weight excluding hydrogens is 171 g/mol. The number of hydrogen-bond donors (Lipinski definition) is 1. The summed E-state index contributed by atoms with van der Waals surface area (Å²) in [6, 6.07) is 0. The van der Waals surface area contributed by atoms with Crippen LogP contribution < -0.4 is 5.73 Å². The van der Waals surface area contributed by atoms with Crippen molar-refractivity contribution >= 4 is 5.91 Å². The van der Waals surface area contributed by atoms with Gasteiger partial charge in [-0.1, -0.05) is 0 Å². The van der Waals surface area contributed by atoms with E-state index in [0.29, 0.717) is 13.1 Å². The number of hydrogen-bond acceptors (Lipinski definition) is 2. The summed E-state index contributed by atoms with van der Waals surface area (Å²) in [6.45, 7) is 0.977. The molecule has 0 aromatic rings. The van der Waals surface area contributed by atoms with Crippen molar-refractivity contribution in [2.24, 2.45) is 11.7 Å². The molecule has 1 amide bonds. The molecule has 0 aromatic carbocycles. The van der Waals surface area contributed by atoms with E-state index in [0.717, 1.165) is 12.8 Å². The van der Waals surface area contributed by atoms with Crippen LogP contribution in [0.4, 0.5) is 4.39 Å². The smallest absolute Gasteiger partial charge is 0.225 e. The molecule has 2 aliphatic rings. The molecule has 0 aromatic heterocycles. The van der Waals surface area contributed by atoms with Crippen LogP contribution in [0.25, 0.3) is 0 Å². The van der Waals surface area contributed by atoms with Crippen LogP contribution in [0.15, 0.2) is 0 Å². The average Bonchev–Trinajstić information content (AvgIpc) is 2.85. The highest BCUT2D eigenvalue weighted by atomic mass is 19.1. The Kier molecular flexibility index (Phi) is 2.02. The second-order valence-electron chi connectivity index (χ2n) is 4.13. The fourth-order valence-electron chi connectivity index (χ4n) is 1.69. The first-order valence-corrected chi connectivity index (χ1v) is 4.85. The van der Waals surface area contributed by atoms with E-state index in [9.17, 15) is 9.18 Å². The molecule has 4 heteroatoms. The lowest BCUT2D eigenvalue weighted by Gasteiger charge is -2.34. The topological polar surface area (TPSA) is 46.3 Å². The van der Waals surface area contributed by atoms with Gasteiger partial charge in [-0.05, 0) is 12.8 Å². The second-order valence-corrected chi connectivity index (χ2v) is 4.13. The quantitative estimate of drug-likeness (QED) is 0.611. The monoisotopic (exact) mass is 186 g/mol. The van der Waals surface area contributed by atoms with Gasteiger partial charge in [-0.15, -0.1) is 0 Å². The molecule has 2 fully saturated rings. The number of piperidine rings is 1. The van der Waals surface area contributed by atoms with Crippen molar-refractivity contribution in [2.75, 3.05) is 13.1 Å². The van der Waals surface area contributed by atoms with E-state index in [2.05, 4.69) is 0 Å². The van der Waals surface area contributed by atoms with Crippen LogP contribution in [0.3, 0.4) is 0 Å². The number of carbonyl (C=O) groups is 1. The van der Waals surface area contributed by atoms with E-state index in [4.69, 9.17) is 5.73 Å². The van der Waals surface area contributed by atoms with E-state index < -0.39 is 5.79 Å². The normalized spacial score (nSPS) is 27.4. The predicted octanol–water partition coefficient (Wildman–Crippen LogP) is 0.643. The minimum atomic E-state index is -1.54. The van der Waals surface area contributed by atoms with Gasteiger partial charge in [0.2, 0.25) is 5.91 Å². The zero-order chi connectivity index (χ0) is 9.47. The number of likely N-dealkylation sites (tertiary alicyclic amines) is 1. The molecule has 0 atom stereocenters. The Balaban J connectivity index is 1.86. The molecule has 3 nitrogen and oxygen atoms in total. The molecule has 13 heavy (non-hydrogen) atoms. The first-order valence-electron chi connectivity index (χ1n) is 4.85. The van der Waals surface area contributed by atoms with Crippen molar-refractivity contribution < 1.29 is 9.18 Å². The maximum absolute atomic E-state index is 13.2. The highest BCUT2D eigenvalue weighted by molar-refractivity contribution is 5.81. The van der Waals surface area contributed by atoms with Crippen molar-refractivity contribution in [2.45, 2.75) is 31.5 Å². The van der Waals surface area contributed by atoms with Crippen LogP contribution >= 0.6 is 0 Å². The van der Waals surface area contributed by atoms with Crippen LogP contribution in [-0.4, -0.2) is 29.7 Å². The Bertz CT molecular complexity index is 216. The number of halogens is 1. The summed E-state index contributed by atoms with van der Waals surface area (Å²) >= 11 is 0. The Morgan fingerprint density at radius 2 is 1.92 bits per heavy atom. The summed E-state index contributed by atoms with van der Waals surface area (Å²) in [5, 5.41) is 0. The van der Waals surface area contributed by atoms with Gasteiger partial charge in [0.1, 0.15) is 0 Å². The molecule has 0 radical (unpaired) electrons. The first-order chi connectivity index (χ1) is 6.08. The predicted molar refractivity (Wildman–Crippen MR) is 46.6 cm³/mol. The largest absolute Gasteiger partial charge is 0.342 e. The van der Waals surface area contributed by atoms with Crippen LogP contribution in [0.2, 0.25) is 0 Å². The van der Waals surface area contributed by atoms with Crippen molar-refractivity contribution in [1.29, 1.82) is 0 Å². The lowest BCUT2D eigenvalue weighted by atomic mass is 10.0. The van der Waals surface area contributed by atoms with Gasteiger partial charge in [0.15, 0.2) is 5.79 Å². The fraction of sp³-hybridized carbons (Fsp3) is 0.889. The Morgan fingerprint density at radius 3 is 2.38 bits per heavy atom. The molecule has 74 valence electrons. The summed E-state index contributed by atoms with van der Waals surface area (Å²) in [4.78, 5) is 13.3. The van der Waals surface area contributed by atoms with E-state index in [1.54, 1.807) is 4.90 Å². The molecule has 1 saturated carbocycles. The molecular formula is C9H15FN2O. The van der Waals surface area contributed by atoms with Crippen LogP contribution in [-0.2, 0) is 4.79 Å². The second kappa shape index (κ2) is 2.94. The van der Waals surface area contributed by atoms with E-state index in [-0.39, 0.29) is 24.7 Å². The van der Waals surface area contributed by atoms with Gasteiger partial charge in [0, 0.05) is 31.8 Å². The summed E-state index contributed by atoms with van der Waals surface area (Å²) in [5.41, 5.74) is 5.33. The Labute approximate surface area is 77.1 Å². The van der Waals surface area contributed by atoms with E-state index in [1.165, 1.54) is 0 Å². The number of nitrogens with two attached hydrogens (primary N) is 1. The van der Waals surface area contributed by atoms with Gasteiger partial charge < -0.3 is 4.90 Å². The van der Waals surface area contributed by atoms with Crippen LogP contribution in [0, 0.1) is 5.92 Å². The van der Waals surface area contributed by atoms with Crippen molar-refractivity contribution in [3.63, 3.8) is 0 Å². The first kappa shape index (κ1) is 8.94. The molecule has 2 N–H and O–H groups in total. The fourth-order valence-corrected chi connectivity index (χ4v) is 1.69. The summed E-state index contributed by atoms with van der Waals surface area (Å²) in [7, 11) is 0. The number of carbonyl (C=O) groups excluding carboxylic acids is 1. The summed E-state index contributed by atoms with van der Waals surface area (Å²) < 4.78 is 13.2. The third-order valence-electron chi connectivity index (χ3n) is 2.83. The lowest BCUT2D eigenvalue weighted by molar-refractivity contribution is -0.135. The Morgan fingerprint density at radius 1 is 1.38 bits per heavy atom. The summed E-state index contributed by atoms with van der Waals surface area (Å²) in [5.74, 6) is -1.10. The molecule has 1 aliphatic carbocycles. The molecule has 0 spiro atoms. The molecule has 0 bridgehead atoms. The molecule has 0 unspecified atom stereocenters. The zero-order valence-corrected chi connectivity index (χ0v) is 7.63. The highest BCUT2D eigenvalue weighted by Gasteiger charge is 2.37. The minimum absolute atomic E-state index is 0.204. The third-order valence-corrected chi connectivity index (χ3v) is 2.83. The number of nitrogens with zero attached hydrogens (tertiary/aromatic N) is 1. The highest BCUT2D eigenvalue weighted by Crippen LogP contribution is 2.32. The Hall–Kier alpha value is -0.640. The molecule has 1 saturated heterocycles. The van der Waals surface area contributed by atoms with Gasteiger partial charge in [-0.25, -0.2) is 4.39 Å². The number of alkyl halides is 1. The standard InChI is InChI=1S/C9H15FN2O/c10-9(11)3-5-12(6-4-9)8(13)7-1-2-7/h7H,1-6,11H2. The lowest BCUT2D eigenvalue weighted by Crippen LogP contribution is -2.49. The molecule has 1 heterocycles. The van der Waals surface area contributed by atoms with Crippen molar-refractivity contribution in [3.8, 4) is 0 Å². The van der Waals surface area contributed by atoms with Gasteiger partial charge in [0.05, 0.1) is 0 Å². The van der Waals surface area contributed by atoms with E-state index >= 15 is 0 Å². The van der Waals surface area contributed by atoms with Gasteiger partial charge in [-0.2, -0.15) is 0 Å². The van der Waals surface area contributed by atoms with Gasteiger partial charge in [-0.3, -0.25) is 10.5 Å². The number of rotatable bonds is 1. The molecule has 1 aliphatic heterocycles. The zero-order valence-electron chi connectivity index (χ0n) is 7.63.